The Morgan fingerprint density at radius 3 is 2.76 bits per heavy atom. The fourth-order valence-electron chi connectivity index (χ4n) is 2.12. The summed E-state index contributed by atoms with van der Waals surface area (Å²) < 4.78 is 1.97. The number of nitrogens with one attached hydrogen (secondary N) is 1. The number of anilines is 2. The van der Waals surface area contributed by atoms with Crippen LogP contribution in [0.2, 0.25) is 0 Å². The van der Waals surface area contributed by atoms with Gasteiger partial charge in [0.25, 0.3) is 5.91 Å². The van der Waals surface area contributed by atoms with Crippen LogP contribution >= 0.6 is 0 Å². The zero-order chi connectivity index (χ0) is 15.4. The average Bonchev–Trinajstić information content (AvgIpc) is 2.74. The Bertz CT molecular complexity index is 649. The molecule has 1 amide bonds. The molecule has 0 aliphatic carbocycles. The summed E-state index contributed by atoms with van der Waals surface area (Å²) in [6, 6.07) is 3.62. The topological polar surface area (TPSA) is 112 Å². The highest BCUT2D eigenvalue weighted by Gasteiger charge is 2.07. The zero-order valence-electron chi connectivity index (χ0n) is 12.3. The van der Waals surface area contributed by atoms with Crippen molar-refractivity contribution in [2.75, 3.05) is 17.6 Å². The first-order valence-corrected chi connectivity index (χ1v) is 6.77. The molecular formula is C14H20N6O. The predicted molar refractivity (Wildman–Crippen MR) is 82.0 cm³/mol. The monoisotopic (exact) mass is 288 g/mol. The molecule has 2 aromatic rings. The largest absolute Gasteiger partial charge is 0.397 e. The minimum Gasteiger partial charge on any atom is -0.397 e. The maximum Gasteiger partial charge on any atom is 0.250 e. The van der Waals surface area contributed by atoms with Crippen molar-refractivity contribution in [1.82, 2.24) is 14.8 Å². The number of carbonyl (C=O) groups is 1. The van der Waals surface area contributed by atoms with Crippen molar-refractivity contribution in [2.24, 2.45) is 5.73 Å². The van der Waals surface area contributed by atoms with Crippen LogP contribution in [0.5, 0.6) is 0 Å². The Balaban J connectivity index is 1.88. The molecular weight excluding hydrogens is 268 g/mol. The van der Waals surface area contributed by atoms with Gasteiger partial charge < -0.3 is 16.8 Å². The van der Waals surface area contributed by atoms with Gasteiger partial charge in [-0.2, -0.15) is 5.10 Å². The molecule has 0 bridgehead atoms. The van der Waals surface area contributed by atoms with E-state index in [1.807, 2.05) is 24.6 Å². The molecule has 5 N–H and O–H groups in total. The lowest BCUT2D eigenvalue weighted by Gasteiger charge is -2.09. The van der Waals surface area contributed by atoms with Gasteiger partial charge >= 0.3 is 0 Å². The summed E-state index contributed by atoms with van der Waals surface area (Å²) in [4.78, 5) is 15.3. The minimum absolute atomic E-state index is 0.283. The second kappa shape index (κ2) is 6.25. The van der Waals surface area contributed by atoms with Crippen molar-refractivity contribution < 1.29 is 4.79 Å². The Kier molecular flexibility index (Phi) is 4.42. The van der Waals surface area contributed by atoms with E-state index in [9.17, 15) is 4.79 Å². The molecule has 0 spiro atoms. The molecule has 112 valence electrons. The summed E-state index contributed by atoms with van der Waals surface area (Å²) in [7, 11) is 0. The van der Waals surface area contributed by atoms with E-state index in [-0.39, 0.29) is 11.3 Å². The number of amides is 1. The van der Waals surface area contributed by atoms with Gasteiger partial charge in [0, 0.05) is 18.8 Å². The summed E-state index contributed by atoms with van der Waals surface area (Å²) in [5, 5.41) is 7.55. The van der Waals surface area contributed by atoms with Gasteiger partial charge in [-0.25, -0.2) is 4.98 Å². The predicted octanol–water partition coefficient (Wildman–Crippen LogP) is 1.08. The molecule has 7 nitrogen and oxygen atoms in total. The number of hydrogen-bond acceptors (Lipinski definition) is 5. The third kappa shape index (κ3) is 3.71. The summed E-state index contributed by atoms with van der Waals surface area (Å²) in [6.07, 6.45) is 2.32. The molecule has 0 aromatic carbocycles. The molecule has 0 saturated carbocycles. The number of carbonyl (C=O) groups excluding carboxylic acids is 1. The van der Waals surface area contributed by atoms with Crippen molar-refractivity contribution in [2.45, 2.75) is 26.8 Å². The molecule has 0 radical (unpaired) electrons. The number of nitrogen functional groups attached to an aromatic ring is 1. The third-order valence-corrected chi connectivity index (χ3v) is 3.16. The summed E-state index contributed by atoms with van der Waals surface area (Å²) in [5.74, 6) is 0.0342. The molecule has 0 fully saturated rings. The highest BCUT2D eigenvalue weighted by atomic mass is 16.1. The number of nitrogens with two attached hydrogens (primary N) is 2. The van der Waals surface area contributed by atoms with Gasteiger partial charge in [0.15, 0.2) is 0 Å². The van der Waals surface area contributed by atoms with E-state index in [1.54, 1.807) is 6.07 Å². The number of primary amides is 1. The fraction of sp³-hybridized carbons (Fsp3) is 0.357. The number of rotatable bonds is 6. The van der Waals surface area contributed by atoms with E-state index >= 15 is 0 Å². The summed E-state index contributed by atoms with van der Waals surface area (Å²) in [5.41, 5.74) is 13.6. The smallest absolute Gasteiger partial charge is 0.250 e. The lowest BCUT2D eigenvalue weighted by atomic mass is 10.2. The number of pyridine rings is 1. The third-order valence-electron chi connectivity index (χ3n) is 3.16. The van der Waals surface area contributed by atoms with Gasteiger partial charge in [-0.1, -0.05) is 0 Å². The molecule has 21 heavy (non-hydrogen) atoms. The molecule has 2 heterocycles. The standard InChI is InChI=1S/C14H20N6O/c1-9-6-10(2)20(19-9)5-3-4-17-13-7-11(14(16)21)12(15)8-18-13/h6-8H,3-5,15H2,1-2H3,(H2,16,21)(H,17,18). The van der Waals surface area contributed by atoms with Crippen molar-refractivity contribution in [1.29, 1.82) is 0 Å². The summed E-state index contributed by atoms with van der Waals surface area (Å²) in [6.45, 7) is 5.55. The van der Waals surface area contributed by atoms with Gasteiger partial charge in [0.2, 0.25) is 0 Å². The van der Waals surface area contributed by atoms with Gasteiger partial charge in [0.1, 0.15) is 5.82 Å². The van der Waals surface area contributed by atoms with Crippen molar-refractivity contribution in [3.05, 3.63) is 35.3 Å². The van der Waals surface area contributed by atoms with Crippen LogP contribution in [0.1, 0.15) is 28.2 Å². The zero-order valence-corrected chi connectivity index (χ0v) is 12.3. The van der Waals surface area contributed by atoms with Crippen LogP contribution in [0, 0.1) is 13.8 Å². The van der Waals surface area contributed by atoms with Gasteiger partial charge in [0.05, 0.1) is 23.1 Å². The highest BCUT2D eigenvalue weighted by molar-refractivity contribution is 5.98. The summed E-state index contributed by atoms with van der Waals surface area (Å²) >= 11 is 0. The van der Waals surface area contributed by atoms with Crippen LogP contribution in [0.25, 0.3) is 0 Å². The number of aromatic nitrogens is 3. The Morgan fingerprint density at radius 2 is 2.14 bits per heavy atom. The van der Waals surface area contributed by atoms with Crippen LogP contribution in [0.3, 0.4) is 0 Å². The molecule has 0 aliphatic rings. The van der Waals surface area contributed by atoms with E-state index in [0.29, 0.717) is 12.4 Å². The fourth-order valence-corrected chi connectivity index (χ4v) is 2.12. The van der Waals surface area contributed by atoms with E-state index < -0.39 is 5.91 Å². The first-order chi connectivity index (χ1) is 9.97. The Hall–Kier alpha value is -2.57. The first-order valence-electron chi connectivity index (χ1n) is 6.77. The molecule has 2 rings (SSSR count). The molecule has 0 atom stereocenters. The molecule has 2 aromatic heterocycles. The van der Waals surface area contributed by atoms with Crippen molar-refractivity contribution >= 4 is 17.4 Å². The van der Waals surface area contributed by atoms with E-state index in [2.05, 4.69) is 15.4 Å². The van der Waals surface area contributed by atoms with Crippen LogP contribution in [0.15, 0.2) is 18.3 Å². The van der Waals surface area contributed by atoms with Gasteiger partial charge in [-0.05, 0) is 32.4 Å². The quantitative estimate of drug-likeness (QED) is 0.688. The lowest BCUT2D eigenvalue weighted by molar-refractivity contribution is 0.100. The molecule has 0 aliphatic heterocycles. The van der Waals surface area contributed by atoms with E-state index in [1.165, 1.54) is 6.20 Å². The normalized spacial score (nSPS) is 10.6. The molecule has 0 saturated heterocycles. The number of nitrogens with zero attached hydrogens (tertiary/aromatic N) is 3. The minimum atomic E-state index is -0.555. The number of aryl methyl sites for hydroxylation is 3. The second-order valence-corrected chi connectivity index (χ2v) is 4.95. The van der Waals surface area contributed by atoms with Crippen molar-refractivity contribution in [3.8, 4) is 0 Å². The SMILES string of the molecule is Cc1cc(C)n(CCCNc2cc(C(N)=O)c(N)cn2)n1. The first kappa shape index (κ1) is 14.8. The van der Waals surface area contributed by atoms with Crippen LogP contribution in [-0.2, 0) is 6.54 Å². The average molecular weight is 288 g/mol. The Morgan fingerprint density at radius 1 is 1.38 bits per heavy atom. The van der Waals surface area contributed by atoms with E-state index in [4.69, 9.17) is 11.5 Å². The second-order valence-electron chi connectivity index (χ2n) is 4.95. The van der Waals surface area contributed by atoms with Crippen molar-refractivity contribution in [3.63, 3.8) is 0 Å². The van der Waals surface area contributed by atoms with Gasteiger partial charge in [-0.15, -0.1) is 0 Å². The maximum absolute atomic E-state index is 11.2. The highest BCUT2D eigenvalue weighted by Crippen LogP contribution is 2.14. The van der Waals surface area contributed by atoms with E-state index in [0.717, 1.165) is 24.4 Å². The van der Waals surface area contributed by atoms with Crippen LogP contribution < -0.4 is 16.8 Å². The molecule has 0 unspecified atom stereocenters. The Labute approximate surface area is 123 Å². The van der Waals surface area contributed by atoms with Gasteiger partial charge in [-0.3, -0.25) is 9.48 Å². The molecule has 7 heteroatoms. The van der Waals surface area contributed by atoms with Crippen LogP contribution in [-0.4, -0.2) is 27.2 Å². The maximum atomic E-state index is 11.2. The van der Waals surface area contributed by atoms with Crippen LogP contribution in [0.4, 0.5) is 11.5 Å². The lowest BCUT2D eigenvalue weighted by Crippen LogP contribution is -2.15. The number of hydrogen-bond donors (Lipinski definition) is 3.